The maximum atomic E-state index is 12.6. The maximum Gasteiger partial charge on any atom is 0.408 e. The number of aliphatic carboxylic acids is 1. The summed E-state index contributed by atoms with van der Waals surface area (Å²) < 4.78 is 5.08. The summed E-state index contributed by atoms with van der Waals surface area (Å²) in [4.78, 5) is 35.8. The average molecular weight is 368 g/mol. The Bertz CT molecular complexity index is 810. The van der Waals surface area contributed by atoms with Crippen molar-refractivity contribution < 1.29 is 24.2 Å². The second-order valence-corrected chi connectivity index (χ2v) is 6.36. The fraction of sp³-hybridized carbons (Fsp3) is 0.250. The molecule has 0 aliphatic carbocycles. The van der Waals surface area contributed by atoms with Crippen molar-refractivity contribution in [1.29, 1.82) is 0 Å². The average Bonchev–Trinajstić information content (AvgIpc) is 3.03. The molecule has 1 aliphatic heterocycles. The van der Waals surface area contributed by atoms with E-state index in [0.717, 1.165) is 11.1 Å². The van der Waals surface area contributed by atoms with Crippen LogP contribution in [0.2, 0.25) is 0 Å². The number of ether oxygens (including phenoxy) is 1. The number of nitrogens with one attached hydrogen (secondary N) is 2. The number of benzene rings is 2. The number of amides is 2. The largest absolute Gasteiger partial charge is 0.480 e. The highest BCUT2D eigenvalue weighted by Crippen LogP contribution is 2.15. The van der Waals surface area contributed by atoms with E-state index in [1.807, 2.05) is 36.4 Å². The highest BCUT2D eigenvalue weighted by atomic mass is 16.6. The lowest BCUT2D eigenvalue weighted by Gasteiger charge is -2.20. The van der Waals surface area contributed by atoms with Crippen LogP contribution in [0.1, 0.15) is 11.1 Å². The summed E-state index contributed by atoms with van der Waals surface area (Å²) in [6.45, 7) is 0. The van der Waals surface area contributed by atoms with Gasteiger partial charge in [0.1, 0.15) is 6.04 Å². The molecule has 1 heterocycles. The molecule has 1 saturated heterocycles. The van der Waals surface area contributed by atoms with Gasteiger partial charge in [0, 0.05) is 6.42 Å². The predicted molar refractivity (Wildman–Crippen MR) is 97.1 cm³/mol. The van der Waals surface area contributed by atoms with Crippen LogP contribution >= 0.6 is 0 Å². The lowest BCUT2D eigenvalue weighted by molar-refractivity contribution is -0.143. The van der Waals surface area contributed by atoms with Gasteiger partial charge in [-0.25, -0.2) is 9.59 Å². The number of alkyl carbamates (subject to hydrolysis) is 1. The lowest BCUT2D eigenvalue weighted by atomic mass is 10.0. The van der Waals surface area contributed by atoms with Crippen molar-refractivity contribution in [1.82, 2.24) is 10.6 Å². The molecule has 2 aromatic rings. The molecule has 1 unspecified atom stereocenters. The fourth-order valence-electron chi connectivity index (χ4n) is 3.02. The number of carbonyl (C=O) groups is 3. The normalized spacial score (nSPS) is 19.6. The monoisotopic (exact) mass is 368 g/mol. The molecular weight excluding hydrogens is 348 g/mol. The van der Waals surface area contributed by atoms with Crippen LogP contribution in [0.4, 0.5) is 4.79 Å². The first-order chi connectivity index (χ1) is 13.0. The van der Waals surface area contributed by atoms with Gasteiger partial charge in [0.25, 0.3) is 5.91 Å². The van der Waals surface area contributed by atoms with Crippen molar-refractivity contribution in [3.63, 3.8) is 0 Å². The number of carboxylic acids is 1. The molecule has 0 bridgehead atoms. The van der Waals surface area contributed by atoms with Gasteiger partial charge in [-0.1, -0.05) is 60.7 Å². The minimum Gasteiger partial charge on any atom is -0.480 e. The zero-order valence-corrected chi connectivity index (χ0v) is 14.5. The SMILES string of the molecule is O=C1N[C@@H](Cc2ccccc2)C(C(=O)N[C@@H](Cc2ccccc2)C(=O)O)O1. The Morgan fingerprint density at radius 3 is 2.22 bits per heavy atom. The van der Waals surface area contributed by atoms with E-state index in [1.54, 1.807) is 24.3 Å². The molecule has 1 fully saturated rings. The number of cyclic esters (lactones) is 1. The lowest BCUT2D eigenvalue weighted by Crippen LogP contribution is -2.50. The molecule has 3 N–H and O–H groups in total. The van der Waals surface area contributed by atoms with Crippen molar-refractivity contribution in [2.24, 2.45) is 0 Å². The summed E-state index contributed by atoms with van der Waals surface area (Å²) in [5.74, 6) is -1.78. The molecule has 1 aliphatic rings. The Kier molecular flexibility index (Phi) is 5.71. The van der Waals surface area contributed by atoms with Gasteiger partial charge >= 0.3 is 12.1 Å². The molecule has 3 atom stereocenters. The fourth-order valence-corrected chi connectivity index (χ4v) is 3.02. The van der Waals surface area contributed by atoms with Crippen molar-refractivity contribution in [3.8, 4) is 0 Å². The number of rotatable bonds is 7. The third-order valence-electron chi connectivity index (χ3n) is 4.36. The molecular formula is C20H20N2O5. The molecule has 0 saturated carbocycles. The highest BCUT2D eigenvalue weighted by molar-refractivity contribution is 5.90. The molecule has 3 rings (SSSR count). The van der Waals surface area contributed by atoms with Crippen molar-refractivity contribution in [2.75, 3.05) is 0 Å². The van der Waals surface area contributed by atoms with Crippen molar-refractivity contribution in [2.45, 2.75) is 31.0 Å². The zero-order valence-electron chi connectivity index (χ0n) is 14.5. The molecule has 140 valence electrons. The molecule has 7 nitrogen and oxygen atoms in total. The van der Waals surface area contributed by atoms with Crippen LogP contribution in [-0.2, 0) is 27.2 Å². The van der Waals surface area contributed by atoms with Crippen molar-refractivity contribution >= 4 is 18.0 Å². The van der Waals surface area contributed by atoms with E-state index in [0.29, 0.717) is 6.42 Å². The highest BCUT2D eigenvalue weighted by Gasteiger charge is 2.40. The van der Waals surface area contributed by atoms with Gasteiger partial charge in [-0.05, 0) is 17.5 Å². The topological polar surface area (TPSA) is 105 Å². The van der Waals surface area contributed by atoms with Crippen LogP contribution in [0.25, 0.3) is 0 Å². The van der Waals surface area contributed by atoms with E-state index in [4.69, 9.17) is 4.74 Å². The van der Waals surface area contributed by atoms with Crippen LogP contribution < -0.4 is 10.6 Å². The number of carbonyl (C=O) groups excluding carboxylic acids is 2. The van der Waals surface area contributed by atoms with Crippen LogP contribution in [-0.4, -0.2) is 41.3 Å². The standard InChI is InChI=1S/C20H20N2O5/c23-18(21-16(19(24)25)12-14-9-5-2-6-10-14)17-15(22-20(26)27-17)11-13-7-3-1-4-8-13/h1-10,15-17H,11-12H2,(H,21,23)(H,22,26)(H,24,25)/t15-,16-,17?/m0/s1. The second kappa shape index (κ2) is 8.35. The van der Waals surface area contributed by atoms with Gasteiger partial charge in [-0.2, -0.15) is 0 Å². The number of hydrogen-bond donors (Lipinski definition) is 3. The summed E-state index contributed by atoms with van der Waals surface area (Å²) >= 11 is 0. The molecule has 27 heavy (non-hydrogen) atoms. The smallest absolute Gasteiger partial charge is 0.408 e. The van der Waals surface area contributed by atoms with E-state index in [2.05, 4.69) is 10.6 Å². The van der Waals surface area contributed by atoms with Crippen LogP contribution in [0, 0.1) is 0 Å². The molecule has 2 aromatic carbocycles. The zero-order chi connectivity index (χ0) is 19.2. The molecule has 7 heteroatoms. The Labute approximate surface area is 156 Å². The van der Waals surface area contributed by atoms with Crippen molar-refractivity contribution in [3.05, 3.63) is 71.8 Å². The summed E-state index contributed by atoms with van der Waals surface area (Å²) in [7, 11) is 0. The van der Waals surface area contributed by atoms with Crippen LogP contribution in [0.3, 0.4) is 0 Å². The Balaban J connectivity index is 1.68. The van der Waals surface area contributed by atoms with E-state index in [9.17, 15) is 19.5 Å². The first-order valence-corrected chi connectivity index (χ1v) is 8.61. The Morgan fingerprint density at radius 1 is 1.04 bits per heavy atom. The Morgan fingerprint density at radius 2 is 1.63 bits per heavy atom. The van der Waals surface area contributed by atoms with E-state index < -0.39 is 36.2 Å². The van der Waals surface area contributed by atoms with Gasteiger partial charge in [-0.15, -0.1) is 0 Å². The second-order valence-electron chi connectivity index (χ2n) is 6.36. The first kappa shape index (κ1) is 18.4. The van der Waals surface area contributed by atoms with E-state index >= 15 is 0 Å². The van der Waals surface area contributed by atoms with Crippen LogP contribution in [0.5, 0.6) is 0 Å². The van der Waals surface area contributed by atoms with E-state index in [1.165, 1.54) is 0 Å². The minimum atomic E-state index is -1.15. The molecule has 2 amide bonds. The van der Waals surface area contributed by atoms with Gasteiger partial charge < -0.3 is 20.5 Å². The molecule has 0 radical (unpaired) electrons. The van der Waals surface area contributed by atoms with E-state index in [-0.39, 0.29) is 6.42 Å². The number of carboxylic acid groups (broad SMARTS) is 1. The summed E-state index contributed by atoms with van der Waals surface area (Å²) in [6.07, 6.45) is -1.23. The summed E-state index contributed by atoms with van der Waals surface area (Å²) in [5, 5.41) is 14.5. The third-order valence-corrected chi connectivity index (χ3v) is 4.36. The van der Waals surface area contributed by atoms with Gasteiger partial charge in [0.2, 0.25) is 6.10 Å². The molecule has 0 spiro atoms. The van der Waals surface area contributed by atoms with Gasteiger partial charge in [0.15, 0.2) is 0 Å². The quantitative estimate of drug-likeness (QED) is 0.687. The van der Waals surface area contributed by atoms with Gasteiger partial charge in [-0.3, -0.25) is 4.79 Å². The Hall–Kier alpha value is -3.35. The number of hydrogen-bond acceptors (Lipinski definition) is 4. The van der Waals surface area contributed by atoms with Crippen LogP contribution in [0.15, 0.2) is 60.7 Å². The summed E-state index contributed by atoms with van der Waals surface area (Å²) in [5.41, 5.74) is 1.72. The third kappa shape index (κ3) is 4.84. The maximum absolute atomic E-state index is 12.6. The molecule has 0 aromatic heterocycles. The first-order valence-electron chi connectivity index (χ1n) is 8.61. The summed E-state index contributed by atoms with van der Waals surface area (Å²) in [6, 6.07) is 16.7. The minimum absolute atomic E-state index is 0.138. The predicted octanol–water partition coefficient (Wildman–Crippen LogP) is 1.52. The van der Waals surface area contributed by atoms with Gasteiger partial charge in [0.05, 0.1) is 6.04 Å².